The molecule has 0 spiro atoms. The van der Waals surface area contributed by atoms with Gasteiger partial charge in [-0.2, -0.15) is 4.31 Å². The van der Waals surface area contributed by atoms with Crippen molar-refractivity contribution in [3.8, 4) is 5.75 Å². The summed E-state index contributed by atoms with van der Waals surface area (Å²) < 4.78 is 47.1. The number of anilines is 2. The lowest BCUT2D eigenvalue weighted by Crippen LogP contribution is -2.53. The second-order valence-corrected chi connectivity index (χ2v) is 11.3. The third kappa shape index (κ3) is 4.77. The molecular weight excluding hydrogens is 487 g/mol. The molecule has 2 saturated heterocycles. The van der Waals surface area contributed by atoms with E-state index in [0.29, 0.717) is 62.6 Å². The minimum Gasteiger partial charge on any atom is -0.482 e. The zero-order chi connectivity index (χ0) is 25.4. The standard InChI is InChI=1S/C25H29FN4O5S/c1-17-13-21-22(35-16-24(31)27-21)14-23(17)36(33,34)30-8-2-3-18(15-30)25(32)29-11-9-28(10-12-29)20-6-4-19(26)5-7-20/h4-7,13-14,18H,2-3,8-12,15-16H2,1H3,(H,27,31). The van der Waals surface area contributed by atoms with Gasteiger partial charge >= 0.3 is 0 Å². The highest BCUT2D eigenvalue weighted by atomic mass is 32.2. The number of fused-ring (bicyclic) bond motifs is 1. The van der Waals surface area contributed by atoms with Gasteiger partial charge in [0, 0.05) is 51.0 Å². The quantitative estimate of drug-likeness (QED) is 0.669. The fourth-order valence-electron chi connectivity index (χ4n) is 5.09. The number of halogens is 1. The number of amides is 2. The third-order valence-corrected chi connectivity index (χ3v) is 9.05. The van der Waals surface area contributed by atoms with E-state index >= 15 is 0 Å². The van der Waals surface area contributed by atoms with Crippen molar-refractivity contribution >= 4 is 33.2 Å². The number of carbonyl (C=O) groups excluding carboxylic acids is 2. The van der Waals surface area contributed by atoms with Crippen LogP contribution in [-0.4, -0.2) is 75.3 Å². The van der Waals surface area contributed by atoms with Gasteiger partial charge in [-0.15, -0.1) is 0 Å². The zero-order valence-electron chi connectivity index (χ0n) is 20.1. The zero-order valence-corrected chi connectivity index (χ0v) is 20.9. The Kier molecular flexibility index (Phi) is 6.60. The van der Waals surface area contributed by atoms with Crippen molar-refractivity contribution in [1.29, 1.82) is 0 Å². The van der Waals surface area contributed by atoms with Crippen LogP contribution in [0.25, 0.3) is 0 Å². The van der Waals surface area contributed by atoms with E-state index in [9.17, 15) is 22.4 Å². The molecule has 11 heteroatoms. The van der Waals surface area contributed by atoms with E-state index in [-0.39, 0.29) is 35.7 Å². The van der Waals surface area contributed by atoms with Gasteiger partial charge in [0.25, 0.3) is 5.91 Å². The van der Waals surface area contributed by atoms with Crippen molar-refractivity contribution in [3.63, 3.8) is 0 Å². The summed E-state index contributed by atoms with van der Waals surface area (Å²) in [7, 11) is -3.85. The van der Waals surface area contributed by atoms with Gasteiger partial charge in [-0.3, -0.25) is 9.59 Å². The maximum atomic E-state index is 13.6. The maximum absolute atomic E-state index is 13.6. The lowest BCUT2D eigenvalue weighted by atomic mass is 9.97. The number of nitrogens with one attached hydrogen (secondary N) is 1. The molecule has 2 aromatic carbocycles. The number of ether oxygens (including phenoxy) is 1. The smallest absolute Gasteiger partial charge is 0.262 e. The van der Waals surface area contributed by atoms with Crippen LogP contribution in [0.4, 0.5) is 15.8 Å². The van der Waals surface area contributed by atoms with Crippen molar-refractivity contribution in [2.45, 2.75) is 24.7 Å². The summed E-state index contributed by atoms with van der Waals surface area (Å²) in [5.74, 6) is -0.675. The molecule has 0 bridgehead atoms. The summed E-state index contributed by atoms with van der Waals surface area (Å²) in [5.41, 5.74) is 1.88. The first-order chi connectivity index (χ1) is 17.2. The number of piperazine rings is 1. The molecule has 3 aliphatic heterocycles. The van der Waals surface area contributed by atoms with Gasteiger partial charge in [0.1, 0.15) is 11.6 Å². The molecule has 3 aliphatic rings. The molecule has 5 rings (SSSR count). The minimum absolute atomic E-state index is 0.0261. The first-order valence-corrected chi connectivity index (χ1v) is 13.5. The van der Waals surface area contributed by atoms with E-state index in [4.69, 9.17) is 4.74 Å². The van der Waals surface area contributed by atoms with E-state index in [1.165, 1.54) is 22.5 Å². The Labute approximate surface area is 209 Å². The Morgan fingerprint density at radius 1 is 1.08 bits per heavy atom. The first-order valence-electron chi connectivity index (χ1n) is 12.1. The van der Waals surface area contributed by atoms with E-state index in [1.807, 2.05) is 4.90 Å². The van der Waals surface area contributed by atoms with Gasteiger partial charge in [-0.1, -0.05) is 0 Å². The van der Waals surface area contributed by atoms with Crippen LogP contribution in [0.5, 0.6) is 5.75 Å². The maximum Gasteiger partial charge on any atom is 0.262 e. The van der Waals surface area contributed by atoms with Crippen molar-refractivity contribution in [2.75, 3.05) is 56.1 Å². The predicted octanol–water partition coefficient (Wildman–Crippen LogP) is 2.21. The number of rotatable bonds is 4. The monoisotopic (exact) mass is 516 g/mol. The number of carbonyl (C=O) groups is 2. The van der Waals surface area contributed by atoms with Crippen LogP contribution in [0.3, 0.4) is 0 Å². The highest BCUT2D eigenvalue weighted by Crippen LogP contribution is 2.35. The highest BCUT2D eigenvalue weighted by Gasteiger charge is 2.37. The molecule has 1 N–H and O–H groups in total. The number of aryl methyl sites for hydroxylation is 1. The second-order valence-electron chi connectivity index (χ2n) is 9.44. The third-order valence-electron chi connectivity index (χ3n) is 7.04. The first kappa shape index (κ1) is 24.5. The van der Waals surface area contributed by atoms with Gasteiger partial charge < -0.3 is 19.9 Å². The number of piperidine rings is 1. The highest BCUT2D eigenvalue weighted by molar-refractivity contribution is 7.89. The molecule has 0 saturated carbocycles. The van der Waals surface area contributed by atoms with Crippen molar-refractivity contribution < 1.29 is 27.1 Å². The van der Waals surface area contributed by atoms with E-state index in [0.717, 1.165) is 5.69 Å². The van der Waals surface area contributed by atoms with Gasteiger partial charge in [-0.05, 0) is 55.7 Å². The van der Waals surface area contributed by atoms with Crippen LogP contribution in [0.1, 0.15) is 18.4 Å². The molecular formula is C25H29FN4O5S. The molecule has 1 unspecified atom stereocenters. The SMILES string of the molecule is Cc1cc2c(cc1S(=O)(=O)N1CCCC(C(=O)N3CCN(c4ccc(F)cc4)CC3)C1)OCC(=O)N2. The summed E-state index contributed by atoms with van der Waals surface area (Å²) in [5, 5.41) is 2.69. The van der Waals surface area contributed by atoms with Gasteiger partial charge in [0.2, 0.25) is 15.9 Å². The Balaban J connectivity index is 1.26. The van der Waals surface area contributed by atoms with Crippen LogP contribution in [0.15, 0.2) is 41.3 Å². The fraction of sp³-hybridized carbons (Fsp3) is 0.440. The van der Waals surface area contributed by atoms with Crippen molar-refractivity contribution in [2.24, 2.45) is 5.92 Å². The molecule has 3 heterocycles. The molecule has 36 heavy (non-hydrogen) atoms. The lowest BCUT2D eigenvalue weighted by Gasteiger charge is -2.39. The van der Waals surface area contributed by atoms with E-state index in [1.54, 1.807) is 25.1 Å². The summed E-state index contributed by atoms with van der Waals surface area (Å²) in [4.78, 5) is 28.9. The van der Waals surface area contributed by atoms with Gasteiger partial charge in [0.15, 0.2) is 6.61 Å². The second kappa shape index (κ2) is 9.70. The van der Waals surface area contributed by atoms with Crippen LogP contribution >= 0.6 is 0 Å². The summed E-state index contributed by atoms with van der Waals surface area (Å²) >= 11 is 0. The Morgan fingerprint density at radius 2 is 1.81 bits per heavy atom. The Morgan fingerprint density at radius 3 is 2.53 bits per heavy atom. The molecule has 1 atom stereocenters. The van der Waals surface area contributed by atoms with E-state index in [2.05, 4.69) is 10.2 Å². The molecule has 0 radical (unpaired) electrons. The van der Waals surface area contributed by atoms with Crippen molar-refractivity contribution in [3.05, 3.63) is 47.8 Å². The van der Waals surface area contributed by atoms with Gasteiger partial charge in [-0.25, -0.2) is 12.8 Å². The summed E-state index contributed by atoms with van der Waals surface area (Å²) in [6.45, 7) is 4.34. The Bertz CT molecular complexity index is 1280. The molecule has 2 fully saturated rings. The number of benzene rings is 2. The number of hydrogen-bond donors (Lipinski definition) is 1. The topological polar surface area (TPSA) is 99.3 Å². The van der Waals surface area contributed by atoms with Crippen molar-refractivity contribution in [1.82, 2.24) is 9.21 Å². The predicted molar refractivity (Wildman–Crippen MR) is 132 cm³/mol. The molecule has 192 valence electrons. The number of nitrogens with zero attached hydrogens (tertiary/aromatic N) is 3. The Hall–Kier alpha value is -3.18. The van der Waals surface area contributed by atoms with Crippen LogP contribution in [-0.2, 0) is 19.6 Å². The van der Waals surface area contributed by atoms with E-state index < -0.39 is 15.9 Å². The summed E-state index contributed by atoms with van der Waals surface area (Å²) in [6, 6.07) is 9.38. The normalized spacial score (nSPS) is 20.9. The molecule has 9 nitrogen and oxygen atoms in total. The van der Waals surface area contributed by atoms with Crippen LogP contribution in [0, 0.1) is 18.7 Å². The summed E-state index contributed by atoms with van der Waals surface area (Å²) in [6.07, 6.45) is 1.24. The molecule has 2 amide bonds. The average Bonchev–Trinajstić information content (AvgIpc) is 2.88. The molecule has 2 aromatic rings. The fourth-order valence-corrected chi connectivity index (χ4v) is 6.84. The largest absolute Gasteiger partial charge is 0.482 e. The van der Waals surface area contributed by atoms with Crippen LogP contribution < -0.4 is 15.0 Å². The average molecular weight is 517 g/mol. The number of sulfonamides is 1. The van der Waals surface area contributed by atoms with Crippen LogP contribution in [0.2, 0.25) is 0 Å². The number of hydrogen-bond acceptors (Lipinski definition) is 6. The minimum atomic E-state index is -3.85. The lowest BCUT2D eigenvalue weighted by molar-refractivity contribution is -0.137. The van der Waals surface area contributed by atoms with Gasteiger partial charge in [0.05, 0.1) is 16.5 Å². The molecule has 0 aromatic heterocycles. The molecule has 0 aliphatic carbocycles.